The maximum atomic E-state index is 11.1. The van der Waals surface area contributed by atoms with E-state index in [1.54, 1.807) is 16.7 Å². The molecule has 0 aliphatic rings. The SMILES string of the molecule is COC(=O)Nc1ccc(NCc2cc(C#N)n(C)c2)cc1. The van der Waals surface area contributed by atoms with Crippen LogP contribution >= 0.6 is 0 Å². The van der Waals surface area contributed by atoms with Crippen molar-refractivity contribution in [2.45, 2.75) is 6.54 Å². The number of ether oxygens (including phenoxy) is 1. The van der Waals surface area contributed by atoms with E-state index in [4.69, 9.17) is 5.26 Å². The van der Waals surface area contributed by atoms with Gasteiger partial charge in [0.1, 0.15) is 11.8 Å². The third-order valence-electron chi connectivity index (χ3n) is 2.99. The van der Waals surface area contributed by atoms with Crippen molar-refractivity contribution >= 4 is 17.5 Å². The average Bonchev–Trinajstić information content (AvgIpc) is 2.86. The largest absolute Gasteiger partial charge is 0.453 e. The van der Waals surface area contributed by atoms with Crippen molar-refractivity contribution in [3.63, 3.8) is 0 Å². The molecule has 2 N–H and O–H groups in total. The first-order valence-electron chi connectivity index (χ1n) is 6.36. The second kappa shape index (κ2) is 6.48. The Morgan fingerprint density at radius 2 is 2.00 bits per heavy atom. The first kappa shape index (κ1) is 14.5. The minimum atomic E-state index is -0.496. The average molecular weight is 284 g/mol. The summed E-state index contributed by atoms with van der Waals surface area (Å²) in [6.07, 6.45) is 1.42. The molecule has 108 valence electrons. The number of methoxy groups -OCH3 is 1. The molecule has 0 aliphatic heterocycles. The molecule has 0 saturated heterocycles. The van der Waals surface area contributed by atoms with Crippen molar-refractivity contribution < 1.29 is 9.53 Å². The van der Waals surface area contributed by atoms with Gasteiger partial charge in [0.05, 0.1) is 7.11 Å². The number of nitrogens with one attached hydrogen (secondary N) is 2. The third kappa shape index (κ3) is 3.76. The third-order valence-corrected chi connectivity index (χ3v) is 2.99. The van der Waals surface area contributed by atoms with E-state index in [1.807, 2.05) is 31.4 Å². The van der Waals surface area contributed by atoms with Gasteiger partial charge in [-0.1, -0.05) is 0 Å². The lowest BCUT2D eigenvalue weighted by Gasteiger charge is -2.07. The Morgan fingerprint density at radius 3 is 2.57 bits per heavy atom. The Balaban J connectivity index is 1.94. The van der Waals surface area contributed by atoms with E-state index >= 15 is 0 Å². The summed E-state index contributed by atoms with van der Waals surface area (Å²) in [7, 11) is 3.16. The maximum absolute atomic E-state index is 11.1. The monoisotopic (exact) mass is 284 g/mol. The number of aryl methyl sites for hydroxylation is 1. The number of aromatic nitrogens is 1. The lowest BCUT2D eigenvalue weighted by atomic mass is 10.2. The van der Waals surface area contributed by atoms with E-state index in [9.17, 15) is 4.79 Å². The number of carbonyl (C=O) groups is 1. The van der Waals surface area contributed by atoms with Gasteiger partial charge < -0.3 is 14.6 Å². The molecule has 6 heteroatoms. The van der Waals surface area contributed by atoms with Crippen molar-refractivity contribution in [1.82, 2.24) is 4.57 Å². The fourth-order valence-corrected chi connectivity index (χ4v) is 1.89. The standard InChI is InChI=1S/C15H16N4O2/c1-19-10-11(7-14(19)8-16)9-17-12-3-5-13(6-4-12)18-15(20)21-2/h3-7,10,17H,9H2,1-2H3,(H,18,20). The predicted molar refractivity (Wildman–Crippen MR) is 79.9 cm³/mol. The maximum Gasteiger partial charge on any atom is 0.411 e. The number of nitrogens with zero attached hydrogens (tertiary/aromatic N) is 2. The molecular formula is C15H16N4O2. The Bertz CT molecular complexity index is 668. The van der Waals surface area contributed by atoms with Crippen LogP contribution in [0.25, 0.3) is 0 Å². The number of hydrogen-bond acceptors (Lipinski definition) is 4. The molecular weight excluding hydrogens is 268 g/mol. The van der Waals surface area contributed by atoms with Gasteiger partial charge in [-0.15, -0.1) is 0 Å². The van der Waals surface area contributed by atoms with Crippen molar-refractivity contribution in [3.8, 4) is 6.07 Å². The summed E-state index contributed by atoms with van der Waals surface area (Å²) < 4.78 is 6.31. The van der Waals surface area contributed by atoms with Crippen LogP contribution < -0.4 is 10.6 Å². The van der Waals surface area contributed by atoms with Crippen LogP contribution in [0.15, 0.2) is 36.5 Å². The van der Waals surface area contributed by atoms with E-state index in [0.29, 0.717) is 17.9 Å². The molecule has 0 unspecified atom stereocenters. The molecule has 21 heavy (non-hydrogen) atoms. The molecule has 6 nitrogen and oxygen atoms in total. The van der Waals surface area contributed by atoms with Crippen LogP contribution in [0.1, 0.15) is 11.3 Å². The van der Waals surface area contributed by atoms with E-state index in [2.05, 4.69) is 21.4 Å². The topological polar surface area (TPSA) is 79.1 Å². The molecule has 2 aromatic rings. The number of carbonyl (C=O) groups excluding carboxylic acids is 1. The number of nitriles is 1. The van der Waals surface area contributed by atoms with E-state index in [1.165, 1.54) is 7.11 Å². The first-order chi connectivity index (χ1) is 10.1. The highest BCUT2D eigenvalue weighted by Gasteiger charge is 2.03. The Kier molecular flexibility index (Phi) is 4.46. The molecule has 1 aromatic carbocycles. The van der Waals surface area contributed by atoms with Crippen molar-refractivity contribution in [1.29, 1.82) is 5.26 Å². The van der Waals surface area contributed by atoms with E-state index < -0.39 is 6.09 Å². The zero-order valence-electron chi connectivity index (χ0n) is 11.9. The van der Waals surface area contributed by atoms with Gasteiger partial charge in [-0.2, -0.15) is 5.26 Å². The van der Waals surface area contributed by atoms with Gasteiger partial charge in [-0.3, -0.25) is 5.32 Å². The predicted octanol–water partition coefficient (Wildman–Crippen LogP) is 2.69. The van der Waals surface area contributed by atoms with Gasteiger partial charge in [-0.05, 0) is 35.9 Å². The molecule has 0 bridgehead atoms. The minimum Gasteiger partial charge on any atom is -0.453 e. The molecule has 0 radical (unpaired) electrons. The Morgan fingerprint density at radius 1 is 1.33 bits per heavy atom. The zero-order chi connectivity index (χ0) is 15.2. The highest BCUT2D eigenvalue weighted by atomic mass is 16.5. The van der Waals surface area contributed by atoms with Crippen LogP contribution in [0.3, 0.4) is 0 Å². The summed E-state index contributed by atoms with van der Waals surface area (Å²) in [6, 6.07) is 11.3. The molecule has 2 rings (SSSR count). The van der Waals surface area contributed by atoms with Crippen LogP contribution in [-0.4, -0.2) is 17.8 Å². The number of benzene rings is 1. The lowest BCUT2D eigenvalue weighted by Crippen LogP contribution is -2.10. The molecule has 0 fully saturated rings. The summed E-state index contributed by atoms with van der Waals surface area (Å²) in [5.41, 5.74) is 3.25. The van der Waals surface area contributed by atoms with Crippen LogP contribution in [-0.2, 0) is 18.3 Å². The van der Waals surface area contributed by atoms with Gasteiger partial charge >= 0.3 is 6.09 Å². The first-order valence-corrected chi connectivity index (χ1v) is 6.36. The minimum absolute atomic E-state index is 0.496. The molecule has 0 aliphatic carbocycles. The number of amides is 1. The van der Waals surface area contributed by atoms with Crippen LogP contribution in [0.5, 0.6) is 0 Å². The van der Waals surface area contributed by atoms with Crippen LogP contribution in [0, 0.1) is 11.3 Å². The van der Waals surface area contributed by atoms with E-state index in [0.717, 1.165) is 11.3 Å². The fraction of sp³-hybridized carbons (Fsp3) is 0.200. The quantitative estimate of drug-likeness (QED) is 0.904. The van der Waals surface area contributed by atoms with Crippen LogP contribution in [0.2, 0.25) is 0 Å². The van der Waals surface area contributed by atoms with Gasteiger partial charge in [0.15, 0.2) is 0 Å². The summed E-state index contributed by atoms with van der Waals surface area (Å²) in [5.74, 6) is 0. The fourth-order valence-electron chi connectivity index (χ4n) is 1.89. The van der Waals surface area contributed by atoms with Crippen molar-refractivity contribution in [3.05, 3.63) is 47.8 Å². The molecule has 1 aromatic heterocycles. The Labute approximate surface area is 122 Å². The highest BCUT2D eigenvalue weighted by molar-refractivity contribution is 5.84. The summed E-state index contributed by atoms with van der Waals surface area (Å²) in [5, 5.41) is 14.7. The molecule has 1 amide bonds. The second-order valence-electron chi connectivity index (χ2n) is 4.50. The molecule has 0 spiro atoms. The van der Waals surface area contributed by atoms with Gasteiger partial charge in [0.25, 0.3) is 0 Å². The van der Waals surface area contributed by atoms with Crippen molar-refractivity contribution in [2.75, 3.05) is 17.7 Å². The highest BCUT2D eigenvalue weighted by Crippen LogP contribution is 2.15. The van der Waals surface area contributed by atoms with Gasteiger partial charge in [0, 0.05) is 31.2 Å². The van der Waals surface area contributed by atoms with Crippen LogP contribution in [0.4, 0.5) is 16.2 Å². The summed E-state index contributed by atoms with van der Waals surface area (Å²) >= 11 is 0. The second-order valence-corrected chi connectivity index (χ2v) is 4.50. The van der Waals surface area contributed by atoms with Gasteiger partial charge in [-0.25, -0.2) is 4.79 Å². The normalized spacial score (nSPS) is 9.76. The zero-order valence-corrected chi connectivity index (χ0v) is 11.9. The Hall–Kier alpha value is -2.94. The number of rotatable bonds is 4. The smallest absolute Gasteiger partial charge is 0.411 e. The van der Waals surface area contributed by atoms with Gasteiger partial charge in [0.2, 0.25) is 0 Å². The number of hydrogen-bond donors (Lipinski definition) is 2. The summed E-state index contributed by atoms with van der Waals surface area (Å²) in [6.45, 7) is 0.624. The molecule has 1 heterocycles. The molecule has 0 saturated carbocycles. The lowest BCUT2D eigenvalue weighted by molar-refractivity contribution is 0.187. The molecule has 0 atom stereocenters. The van der Waals surface area contributed by atoms with E-state index in [-0.39, 0.29) is 0 Å². The van der Waals surface area contributed by atoms with Crippen molar-refractivity contribution in [2.24, 2.45) is 7.05 Å². The number of anilines is 2. The summed E-state index contributed by atoms with van der Waals surface area (Å²) in [4.78, 5) is 11.1.